The van der Waals surface area contributed by atoms with Crippen molar-refractivity contribution in [3.05, 3.63) is 82.5 Å². The molecule has 1 fully saturated rings. The smallest absolute Gasteiger partial charge is 0.338 e. The van der Waals surface area contributed by atoms with Gasteiger partial charge in [0.1, 0.15) is 31.1 Å². The molecule has 3 atom stereocenters. The Morgan fingerprint density at radius 1 is 1.07 bits per heavy atom. The fourth-order valence-corrected chi connectivity index (χ4v) is 4.52. The third-order valence-corrected chi connectivity index (χ3v) is 6.67. The maximum atomic E-state index is 13.0. The quantitative estimate of drug-likeness (QED) is 0.208. The minimum atomic E-state index is -0.789. The van der Waals surface area contributed by atoms with Crippen molar-refractivity contribution in [3.8, 4) is 6.07 Å². The highest BCUT2D eigenvalue weighted by molar-refractivity contribution is 5.93. The Kier molecular flexibility index (Phi) is 7.41. The number of ether oxygens (including phenoxy) is 3. The SMILES string of the molecule is Cc1ccc(C(=O)OC[C@H]2O[C@@H](n3cc(C#N)c4c(N(C)N)nnnc43)C[C@@H]2OC(=O)c2ccc(C)cc2)cc1. The van der Waals surface area contributed by atoms with Gasteiger partial charge in [-0.3, -0.25) is 5.01 Å². The topological polar surface area (TPSA) is 158 Å². The molecule has 3 heterocycles. The average molecular weight is 542 g/mol. The van der Waals surface area contributed by atoms with Crippen LogP contribution in [-0.2, 0) is 14.2 Å². The van der Waals surface area contributed by atoms with Gasteiger partial charge in [0.15, 0.2) is 11.5 Å². The number of hydrazine groups is 1. The summed E-state index contributed by atoms with van der Waals surface area (Å²) in [7, 11) is 1.58. The van der Waals surface area contributed by atoms with Gasteiger partial charge < -0.3 is 18.8 Å². The van der Waals surface area contributed by atoms with Gasteiger partial charge >= 0.3 is 11.9 Å². The lowest BCUT2D eigenvalue weighted by Gasteiger charge is -2.19. The van der Waals surface area contributed by atoms with Crippen LogP contribution in [0.25, 0.3) is 11.0 Å². The third-order valence-electron chi connectivity index (χ3n) is 6.67. The van der Waals surface area contributed by atoms with Crippen molar-refractivity contribution in [2.24, 2.45) is 5.84 Å². The summed E-state index contributed by atoms with van der Waals surface area (Å²) in [5.41, 5.74) is 3.40. The summed E-state index contributed by atoms with van der Waals surface area (Å²) in [6.07, 6.45) is -0.493. The molecular formula is C28H27N7O5. The van der Waals surface area contributed by atoms with Gasteiger partial charge in [-0.2, -0.15) is 5.26 Å². The van der Waals surface area contributed by atoms with Gasteiger partial charge in [0, 0.05) is 19.7 Å². The lowest BCUT2D eigenvalue weighted by atomic mass is 10.1. The minimum absolute atomic E-state index is 0.163. The zero-order valence-corrected chi connectivity index (χ0v) is 22.1. The van der Waals surface area contributed by atoms with E-state index in [0.717, 1.165) is 11.1 Å². The summed E-state index contributed by atoms with van der Waals surface area (Å²) in [5, 5.41) is 23.3. The van der Waals surface area contributed by atoms with E-state index in [0.29, 0.717) is 22.2 Å². The first kappa shape index (κ1) is 26.7. The first-order valence-corrected chi connectivity index (χ1v) is 12.5. The highest BCUT2D eigenvalue weighted by Crippen LogP contribution is 2.36. The van der Waals surface area contributed by atoms with Gasteiger partial charge in [-0.1, -0.05) is 35.4 Å². The molecule has 0 radical (unpaired) electrons. The lowest BCUT2D eigenvalue weighted by Crippen LogP contribution is -2.32. The molecule has 1 aliphatic heterocycles. The molecule has 2 N–H and O–H groups in total. The number of esters is 2. The number of aryl methyl sites for hydroxylation is 2. The normalized spacial score (nSPS) is 18.3. The Balaban J connectivity index is 1.42. The van der Waals surface area contributed by atoms with Crippen molar-refractivity contribution in [2.75, 3.05) is 18.7 Å². The highest BCUT2D eigenvalue weighted by Gasteiger charge is 2.41. The Bertz CT molecular complexity index is 1590. The van der Waals surface area contributed by atoms with Gasteiger partial charge in [-0.25, -0.2) is 15.4 Å². The number of carbonyl (C=O) groups is 2. The molecule has 40 heavy (non-hydrogen) atoms. The second kappa shape index (κ2) is 11.1. The molecule has 0 spiro atoms. The summed E-state index contributed by atoms with van der Waals surface area (Å²) in [6.45, 7) is 3.68. The number of aromatic nitrogens is 4. The number of nitriles is 1. The Morgan fingerprint density at radius 2 is 1.70 bits per heavy atom. The number of nitrogens with zero attached hydrogens (tertiary/aromatic N) is 6. The van der Waals surface area contributed by atoms with E-state index < -0.39 is 30.4 Å². The molecule has 12 heteroatoms. The number of carbonyl (C=O) groups excluding carboxylic acids is 2. The van der Waals surface area contributed by atoms with Crippen LogP contribution >= 0.6 is 0 Å². The number of hydrogen-bond donors (Lipinski definition) is 1. The van der Waals surface area contributed by atoms with E-state index in [1.165, 1.54) is 5.01 Å². The Labute approximate surface area is 229 Å². The molecule has 204 valence electrons. The molecule has 1 saturated heterocycles. The zero-order chi connectivity index (χ0) is 28.4. The van der Waals surface area contributed by atoms with Crippen LogP contribution in [0.4, 0.5) is 5.82 Å². The fourth-order valence-electron chi connectivity index (χ4n) is 4.52. The Morgan fingerprint density at radius 3 is 2.30 bits per heavy atom. The number of nitrogens with two attached hydrogens (primary N) is 1. The summed E-state index contributed by atoms with van der Waals surface area (Å²) in [5.74, 6) is 5.11. The highest BCUT2D eigenvalue weighted by atomic mass is 16.6. The largest absolute Gasteiger partial charge is 0.459 e. The summed E-state index contributed by atoms with van der Waals surface area (Å²) in [4.78, 5) is 25.7. The minimum Gasteiger partial charge on any atom is -0.459 e. The van der Waals surface area contributed by atoms with Crippen LogP contribution in [0.1, 0.15) is 50.1 Å². The maximum Gasteiger partial charge on any atom is 0.338 e. The lowest BCUT2D eigenvalue weighted by molar-refractivity contribution is -0.0562. The molecule has 5 rings (SSSR count). The van der Waals surface area contributed by atoms with E-state index in [1.807, 2.05) is 38.1 Å². The first-order chi connectivity index (χ1) is 19.2. The molecule has 0 amide bonds. The van der Waals surface area contributed by atoms with Crippen LogP contribution < -0.4 is 10.9 Å². The van der Waals surface area contributed by atoms with E-state index in [1.54, 1.807) is 42.1 Å². The van der Waals surface area contributed by atoms with Crippen molar-refractivity contribution in [1.29, 1.82) is 5.26 Å². The summed E-state index contributed by atoms with van der Waals surface area (Å²) >= 11 is 0. The second-order valence-corrected chi connectivity index (χ2v) is 9.62. The molecule has 0 aliphatic carbocycles. The van der Waals surface area contributed by atoms with E-state index in [2.05, 4.69) is 21.5 Å². The molecule has 0 bridgehead atoms. The van der Waals surface area contributed by atoms with Crippen molar-refractivity contribution in [1.82, 2.24) is 20.0 Å². The van der Waals surface area contributed by atoms with E-state index >= 15 is 0 Å². The predicted molar refractivity (Wildman–Crippen MR) is 143 cm³/mol. The van der Waals surface area contributed by atoms with Crippen LogP contribution in [0, 0.1) is 25.2 Å². The zero-order valence-electron chi connectivity index (χ0n) is 22.1. The van der Waals surface area contributed by atoms with Crippen molar-refractivity contribution in [2.45, 2.75) is 38.7 Å². The van der Waals surface area contributed by atoms with E-state index in [4.69, 9.17) is 20.1 Å². The molecule has 12 nitrogen and oxygen atoms in total. The van der Waals surface area contributed by atoms with Crippen LogP contribution in [0.2, 0.25) is 0 Å². The molecule has 4 aromatic rings. The van der Waals surface area contributed by atoms with Crippen LogP contribution in [0.3, 0.4) is 0 Å². The molecule has 1 aliphatic rings. The fraction of sp³-hybridized carbons (Fsp3) is 0.286. The van der Waals surface area contributed by atoms with Gasteiger partial charge in [0.05, 0.1) is 22.1 Å². The second-order valence-electron chi connectivity index (χ2n) is 9.62. The first-order valence-electron chi connectivity index (χ1n) is 12.5. The van der Waals surface area contributed by atoms with Crippen LogP contribution in [-0.4, -0.2) is 57.8 Å². The Hall–Kier alpha value is -4.86. The molecule has 2 aromatic heterocycles. The third kappa shape index (κ3) is 5.33. The predicted octanol–water partition coefficient (Wildman–Crippen LogP) is 2.99. The van der Waals surface area contributed by atoms with E-state index in [-0.39, 0.29) is 24.4 Å². The van der Waals surface area contributed by atoms with Gasteiger partial charge in [-0.15, -0.1) is 10.2 Å². The number of hydrogen-bond acceptors (Lipinski definition) is 11. The standard InChI is InChI=1S/C28H27N7O5/c1-16-4-8-18(9-5-16)27(36)38-15-22-21(40-28(37)19-10-6-17(2)7-11-19)12-23(39-22)35-14-20(13-29)24-25(34(3)30)31-33-32-26(24)35/h4-11,14,21-23H,12,15,30H2,1-3H3/t21-,22+,23+/m0/s1. The van der Waals surface area contributed by atoms with Gasteiger partial charge in [-0.05, 0) is 43.3 Å². The molecular weight excluding hydrogens is 514 g/mol. The monoisotopic (exact) mass is 541 g/mol. The number of rotatable bonds is 7. The van der Waals surface area contributed by atoms with Crippen molar-refractivity contribution >= 4 is 28.8 Å². The summed E-state index contributed by atoms with van der Waals surface area (Å²) < 4.78 is 19.3. The summed E-state index contributed by atoms with van der Waals surface area (Å²) in [6, 6.07) is 16.1. The molecule has 2 aromatic carbocycles. The molecule has 0 unspecified atom stereocenters. The van der Waals surface area contributed by atoms with E-state index in [9.17, 15) is 14.9 Å². The van der Waals surface area contributed by atoms with Crippen molar-refractivity contribution < 1.29 is 23.8 Å². The van der Waals surface area contributed by atoms with Crippen molar-refractivity contribution in [3.63, 3.8) is 0 Å². The van der Waals surface area contributed by atoms with Gasteiger partial charge in [0.2, 0.25) is 0 Å². The maximum absolute atomic E-state index is 13.0. The number of benzene rings is 2. The van der Waals surface area contributed by atoms with Gasteiger partial charge in [0.25, 0.3) is 0 Å². The van der Waals surface area contributed by atoms with Crippen LogP contribution in [0.5, 0.6) is 0 Å². The average Bonchev–Trinajstić information content (AvgIpc) is 3.53. The number of anilines is 1. The van der Waals surface area contributed by atoms with Crippen LogP contribution in [0.15, 0.2) is 54.7 Å². The molecule has 0 saturated carbocycles. The number of fused-ring (bicyclic) bond motifs is 1.